The number of alkyl halides is 2. The molecule has 0 saturated carbocycles. The van der Waals surface area contributed by atoms with Crippen LogP contribution in [0.2, 0.25) is 0 Å². The Labute approximate surface area is 169 Å². The largest absolute Gasteiger partial charge is 0.488 e. The molecule has 0 fully saturated rings. The molecule has 2 aromatic carbocycles. The van der Waals surface area contributed by atoms with Gasteiger partial charge in [-0.3, -0.25) is 14.3 Å². The molecule has 0 atom stereocenters. The van der Waals surface area contributed by atoms with Crippen LogP contribution in [0.1, 0.15) is 5.56 Å². The van der Waals surface area contributed by atoms with E-state index < -0.39 is 34.3 Å². The van der Waals surface area contributed by atoms with E-state index in [1.807, 2.05) is 0 Å². The normalized spacial score (nSPS) is 11.6. The van der Waals surface area contributed by atoms with Crippen molar-refractivity contribution in [2.45, 2.75) is 17.9 Å². The lowest BCUT2D eigenvalue weighted by Gasteiger charge is -2.10. The Bertz CT molecular complexity index is 1240. The summed E-state index contributed by atoms with van der Waals surface area (Å²) in [6, 6.07) is 12.9. The van der Waals surface area contributed by atoms with Gasteiger partial charge in [-0.1, -0.05) is 18.2 Å². The lowest BCUT2D eigenvalue weighted by molar-refractivity contribution is 0.0818. The summed E-state index contributed by atoms with van der Waals surface area (Å²) in [6.07, 6.45) is -1.33. The van der Waals surface area contributed by atoms with Crippen LogP contribution >= 0.6 is 0 Å². The van der Waals surface area contributed by atoms with E-state index in [2.05, 4.69) is 9.71 Å². The minimum atomic E-state index is -3.91. The quantitative estimate of drug-likeness (QED) is 0.557. The molecular formula is C19H17F2N3O5S. The lowest BCUT2D eigenvalue weighted by atomic mass is 10.2. The Morgan fingerprint density at radius 3 is 2.47 bits per heavy atom. The standard InChI is InChI=1S/C19H17F2N3O5S/c20-17(21)12-29-15-2-1-3-16(10-15)30(27,28)22-11-13-4-6-14(7-5-13)24-9-8-18(25)23-19(24)26/h1-10,17,22H,11-12H2,(H,23,25,26). The molecule has 0 aliphatic carbocycles. The third-order valence-electron chi connectivity index (χ3n) is 4.00. The summed E-state index contributed by atoms with van der Waals surface area (Å²) in [5.74, 6) is 0.0221. The number of sulfonamides is 1. The van der Waals surface area contributed by atoms with Crippen LogP contribution in [0, 0.1) is 0 Å². The summed E-state index contributed by atoms with van der Waals surface area (Å²) >= 11 is 0. The van der Waals surface area contributed by atoms with Gasteiger partial charge in [-0.15, -0.1) is 0 Å². The van der Waals surface area contributed by atoms with Gasteiger partial charge in [0.15, 0.2) is 0 Å². The first kappa shape index (κ1) is 21.4. The van der Waals surface area contributed by atoms with Crippen molar-refractivity contribution in [3.63, 3.8) is 0 Å². The highest BCUT2D eigenvalue weighted by Gasteiger charge is 2.15. The number of H-pyrrole nitrogens is 1. The van der Waals surface area contributed by atoms with Crippen LogP contribution in [0.25, 0.3) is 5.69 Å². The van der Waals surface area contributed by atoms with Gasteiger partial charge >= 0.3 is 5.69 Å². The van der Waals surface area contributed by atoms with Crippen molar-refractivity contribution >= 4 is 10.0 Å². The summed E-state index contributed by atoms with van der Waals surface area (Å²) in [5, 5.41) is 0. The highest BCUT2D eigenvalue weighted by Crippen LogP contribution is 2.18. The Morgan fingerprint density at radius 1 is 1.07 bits per heavy atom. The molecule has 0 bridgehead atoms. The third kappa shape index (κ3) is 5.39. The zero-order valence-corrected chi connectivity index (χ0v) is 16.2. The van der Waals surface area contributed by atoms with Crippen LogP contribution in [0.15, 0.2) is 75.3 Å². The molecule has 1 heterocycles. The molecule has 3 aromatic rings. The molecule has 11 heteroatoms. The van der Waals surface area contributed by atoms with Crippen molar-refractivity contribution in [1.82, 2.24) is 14.3 Å². The SMILES string of the molecule is O=c1ccn(-c2ccc(CNS(=O)(=O)c3cccc(OCC(F)F)c3)cc2)c(=O)[nH]1. The Morgan fingerprint density at radius 2 is 1.80 bits per heavy atom. The van der Waals surface area contributed by atoms with Crippen LogP contribution in [0.4, 0.5) is 8.78 Å². The molecule has 158 valence electrons. The zero-order valence-electron chi connectivity index (χ0n) is 15.4. The first-order valence-electron chi connectivity index (χ1n) is 8.66. The summed E-state index contributed by atoms with van der Waals surface area (Å²) in [6.45, 7) is -0.868. The number of hydrogen-bond donors (Lipinski definition) is 2. The van der Waals surface area contributed by atoms with Crippen molar-refractivity contribution in [1.29, 1.82) is 0 Å². The highest BCUT2D eigenvalue weighted by molar-refractivity contribution is 7.89. The molecule has 0 spiro atoms. The van der Waals surface area contributed by atoms with E-state index in [0.717, 1.165) is 6.07 Å². The first-order valence-corrected chi connectivity index (χ1v) is 10.1. The molecule has 2 N–H and O–H groups in total. The van der Waals surface area contributed by atoms with Crippen LogP contribution in [0.3, 0.4) is 0 Å². The highest BCUT2D eigenvalue weighted by atomic mass is 32.2. The smallest absolute Gasteiger partial charge is 0.332 e. The summed E-state index contributed by atoms with van der Waals surface area (Å²) in [7, 11) is -3.91. The van der Waals surface area contributed by atoms with Crippen LogP contribution in [0.5, 0.6) is 5.75 Å². The molecule has 0 unspecified atom stereocenters. The van der Waals surface area contributed by atoms with Crippen molar-refractivity contribution < 1.29 is 21.9 Å². The second kappa shape index (κ2) is 9.01. The maximum Gasteiger partial charge on any atom is 0.332 e. The predicted octanol–water partition coefficient (Wildman–Crippen LogP) is 1.65. The molecule has 0 amide bonds. The number of hydrogen-bond acceptors (Lipinski definition) is 5. The number of aromatic amines is 1. The van der Waals surface area contributed by atoms with Crippen molar-refractivity contribution in [2.75, 3.05) is 6.61 Å². The molecule has 30 heavy (non-hydrogen) atoms. The number of aromatic nitrogens is 2. The van der Waals surface area contributed by atoms with Crippen molar-refractivity contribution in [3.05, 3.63) is 87.2 Å². The fourth-order valence-corrected chi connectivity index (χ4v) is 3.60. The topological polar surface area (TPSA) is 110 Å². The lowest BCUT2D eigenvalue weighted by Crippen LogP contribution is -2.27. The van der Waals surface area contributed by atoms with Crippen molar-refractivity contribution in [2.24, 2.45) is 0 Å². The average Bonchev–Trinajstić information content (AvgIpc) is 2.72. The molecule has 0 aliphatic rings. The summed E-state index contributed by atoms with van der Waals surface area (Å²) < 4.78 is 57.9. The number of benzene rings is 2. The van der Waals surface area contributed by atoms with E-state index in [0.29, 0.717) is 11.3 Å². The van der Waals surface area contributed by atoms with Gasteiger partial charge in [-0.05, 0) is 29.8 Å². The fourth-order valence-electron chi connectivity index (χ4n) is 2.55. The second-order valence-corrected chi connectivity index (χ2v) is 7.92. The summed E-state index contributed by atoms with van der Waals surface area (Å²) in [5.41, 5.74) is 0.00693. The zero-order chi connectivity index (χ0) is 21.7. The number of ether oxygens (including phenoxy) is 1. The first-order chi connectivity index (χ1) is 14.2. The fraction of sp³-hybridized carbons (Fsp3) is 0.158. The van der Waals surface area contributed by atoms with Crippen LogP contribution in [-0.2, 0) is 16.6 Å². The van der Waals surface area contributed by atoms with Gasteiger partial charge in [0.25, 0.3) is 12.0 Å². The van der Waals surface area contributed by atoms with Gasteiger partial charge in [0.05, 0.1) is 10.6 Å². The maximum absolute atomic E-state index is 12.5. The molecule has 1 aromatic heterocycles. The Balaban J connectivity index is 1.69. The van der Waals surface area contributed by atoms with Crippen LogP contribution in [-0.4, -0.2) is 31.0 Å². The van der Waals surface area contributed by atoms with E-state index in [4.69, 9.17) is 4.74 Å². The van der Waals surface area contributed by atoms with Gasteiger partial charge in [0, 0.05) is 24.9 Å². The number of nitrogens with zero attached hydrogens (tertiary/aromatic N) is 1. The van der Waals surface area contributed by atoms with E-state index >= 15 is 0 Å². The van der Waals surface area contributed by atoms with Crippen molar-refractivity contribution in [3.8, 4) is 11.4 Å². The summed E-state index contributed by atoms with van der Waals surface area (Å²) in [4.78, 5) is 25.0. The third-order valence-corrected chi connectivity index (χ3v) is 5.40. The molecule has 8 nitrogen and oxygen atoms in total. The van der Waals surface area contributed by atoms with E-state index in [9.17, 15) is 26.8 Å². The van der Waals surface area contributed by atoms with Gasteiger partial charge in [-0.2, -0.15) is 0 Å². The monoisotopic (exact) mass is 437 g/mol. The molecule has 0 saturated heterocycles. The van der Waals surface area contributed by atoms with Crippen LogP contribution < -0.4 is 20.7 Å². The van der Waals surface area contributed by atoms with Gasteiger partial charge in [-0.25, -0.2) is 26.7 Å². The minimum Gasteiger partial charge on any atom is -0.488 e. The number of nitrogens with one attached hydrogen (secondary N) is 2. The molecule has 0 aliphatic heterocycles. The van der Waals surface area contributed by atoms with Gasteiger partial charge < -0.3 is 4.74 Å². The van der Waals surface area contributed by atoms with E-state index in [-0.39, 0.29) is 17.2 Å². The molecule has 0 radical (unpaired) electrons. The second-order valence-electron chi connectivity index (χ2n) is 6.15. The number of rotatable bonds is 8. The number of halogens is 2. The van der Waals surface area contributed by atoms with E-state index in [1.165, 1.54) is 35.0 Å². The maximum atomic E-state index is 12.5. The van der Waals surface area contributed by atoms with E-state index in [1.54, 1.807) is 24.3 Å². The minimum absolute atomic E-state index is 0.0221. The Kier molecular flexibility index (Phi) is 6.43. The molecular weight excluding hydrogens is 420 g/mol. The van der Waals surface area contributed by atoms with Gasteiger partial charge in [0.1, 0.15) is 12.4 Å². The van der Waals surface area contributed by atoms with Gasteiger partial charge in [0.2, 0.25) is 10.0 Å². The predicted molar refractivity (Wildman–Crippen MR) is 105 cm³/mol. The molecule has 3 rings (SSSR count). The Hall–Kier alpha value is -3.31. The average molecular weight is 437 g/mol.